The summed E-state index contributed by atoms with van der Waals surface area (Å²) in [5.74, 6) is 7.72. The van der Waals surface area contributed by atoms with Crippen molar-refractivity contribution in [2.75, 3.05) is 25.8 Å². The highest BCUT2D eigenvalue weighted by atomic mass is 32.2. The first kappa shape index (κ1) is 20.5. The first-order valence-corrected chi connectivity index (χ1v) is 9.76. The third-order valence-electron chi connectivity index (χ3n) is 4.12. The van der Waals surface area contributed by atoms with E-state index in [-0.39, 0.29) is 11.7 Å². The van der Waals surface area contributed by atoms with Crippen LogP contribution in [0.15, 0.2) is 29.4 Å². The molecule has 0 aliphatic carbocycles. The molecule has 0 unspecified atom stereocenters. The van der Waals surface area contributed by atoms with Crippen molar-refractivity contribution < 1.29 is 14.3 Å². The Hall–Kier alpha value is -3.21. The molecule has 3 N–H and O–H groups in total. The van der Waals surface area contributed by atoms with Crippen LogP contribution in [0.5, 0.6) is 11.5 Å². The van der Waals surface area contributed by atoms with Gasteiger partial charge in [-0.15, -0.1) is 10.2 Å². The van der Waals surface area contributed by atoms with Gasteiger partial charge in [-0.05, 0) is 37.6 Å². The molecule has 1 amide bonds. The molecule has 3 aromatic rings. The fourth-order valence-electron chi connectivity index (χ4n) is 2.72. The lowest BCUT2D eigenvalue weighted by molar-refractivity contribution is -0.118. The van der Waals surface area contributed by atoms with Crippen molar-refractivity contribution in [3.63, 3.8) is 0 Å². The second-order valence-corrected chi connectivity index (χ2v) is 7.19. The molecule has 0 fully saturated rings. The normalized spacial score (nSPS) is 10.8. The predicted octanol–water partition coefficient (Wildman–Crippen LogP) is 1.22. The lowest BCUT2D eigenvalue weighted by Gasteiger charge is -2.10. The summed E-state index contributed by atoms with van der Waals surface area (Å²) in [6, 6.07) is 7.41. The molecular weight excluding hydrogens is 394 g/mol. The quantitative estimate of drug-likeness (QED) is 0.414. The highest BCUT2D eigenvalue weighted by Gasteiger charge is 2.16. The van der Waals surface area contributed by atoms with Crippen LogP contribution in [0, 0.1) is 13.8 Å². The molecule has 0 bridgehead atoms. The van der Waals surface area contributed by atoms with E-state index in [1.165, 1.54) is 16.4 Å². The van der Waals surface area contributed by atoms with E-state index in [0.29, 0.717) is 29.1 Å². The fourth-order valence-corrected chi connectivity index (χ4v) is 3.40. The van der Waals surface area contributed by atoms with E-state index in [0.717, 1.165) is 17.0 Å². The van der Waals surface area contributed by atoms with Crippen LogP contribution in [0.2, 0.25) is 0 Å². The third-order valence-corrected chi connectivity index (χ3v) is 5.06. The molecule has 11 heteroatoms. The standard InChI is InChI=1S/C18H23N7O3S/c1-11-7-12(2)25(23-11)17-21-22-18(24(17)19)29-10-16(26)20-9-13-5-6-14(27-3)15(8-13)28-4/h5-8H,9-10,19H2,1-4H3,(H,20,26). The summed E-state index contributed by atoms with van der Waals surface area (Å²) in [7, 11) is 3.15. The number of nitrogen functional groups attached to an aromatic ring is 1. The first-order valence-electron chi connectivity index (χ1n) is 8.77. The van der Waals surface area contributed by atoms with Crippen molar-refractivity contribution in [3.05, 3.63) is 41.2 Å². The third kappa shape index (κ3) is 4.62. The van der Waals surface area contributed by atoms with Gasteiger partial charge in [0.1, 0.15) is 0 Å². The number of amides is 1. The zero-order valence-corrected chi connectivity index (χ0v) is 17.5. The summed E-state index contributed by atoms with van der Waals surface area (Å²) in [6.07, 6.45) is 0. The number of hydrogen-bond acceptors (Lipinski definition) is 8. The number of aromatic nitrogens is 5. The van der Waals surface area contributed by atoms with Gasteiger partial charge in [0.25, 0.3) is 5.95 Å². The highest BCUT2D eigenvalue weighted by molar-refractivity contribution is 7.99. The number of methoxy groups -OCH3 is 2. The Morgan fingerprint density at radius 1 is 1.17 bits per heavy atom. The summed E-state index contributed by atoms with van der Waals surface area (Å²) in [6.45, 7) is 4.16. The molecule has 0 saturated carbocycles. The van der Waals surface area contributed by atoms with Crippen LogP contribution in [-0.2, 0) is 11.3 Å². The maximum absolute atomic E-state index is 12.2. The summed E-state index contributed by atoms with van der Waals surface area (Å²) >= 11 is 1.20. The van der Waals surface area contributed by atoms with E-state index in [4.69, 9.17) is 15.3 Å². The van der Waals surface area contributed by atoms with Crippen LogP contribution in [-0.4, -0.2) is 50.5 Å². The van der Waals surface area contributed by atoms with Crippen LogP contribution in [0.3, 0.4) is 0 Å². The van der Waals surface area contributed by atoms with Gasteiger partial charge in [-0.25, -0.2) is 9.36 Å². The molecule has 29 heavy (non-hydrogen) atoms. The molecule has 0 aliphatic heterocycles. The number of carbonyl (C=O) groups is 1. The molecule has 0 radical (unpaired) electrons. The molecule has 0 atom stereocenters. The number of carbonyl (C=O) groups excluding carboxylic acids is 1. The number of nitrogens with two attached hydrogens (primary N) is 1. The van der Waals surface area contributed by atoms with Gasteiger partial charge >= 0.3 is 0 Å². The summed E-state index contributed by atoms with van der Waals surface area (Å²) in [4.78, 5) is 12.2. The van der Waals surface area contributed by atoms with Crippen molar-refractivity contribution in [1.29, 1.82) is 0 Å². The molecule has 2 aromatic heterocycles. The van der Waals surface area contributed by atoms with Crippen LogP contribution in [0.25, 0.3) is 5.95 Å². The minimum Gasteiger partial charge on any atom is -0.493 e. The number of benzene rings is 1. The number of aryl methyl sites for hydroxylation is 2. The van der Waals surface area contributed by atoms with Gasteiger partial charge in [0, 0.05) is 12.2 Å². The molecule has 0 saturated heterocycles. The summed E-state index contributed by atoms with van der Waals surface area (Å²) in [5, 5.41) is 15.8. The molecule has 10 nitrogen and oxygen atoms in total. The maximum Gasteiger partial charge on any atom is 0.271 e. The van der Waals surface area contributed by atoms with Crippen LogP contribution >= 0.6 is 11.8 Å². The maximum atomic E-state index is 12.2. The van der Waals surface area contributed by atoms with Gasteiger partial charge in [0.05, 0.1) is 25.7 Å². The Morgan fingerprint density at radius 2 is 1.93 bits per heavy atom. The number of nitrogens with one attached hydrogen (secondary N) is 1. The van der Waals surface area contributed by atoms with E-state index >= 15 is 0 Å². The number of ether oxygens (including phenoxy) is 2. The van der Waals surface area contributed by atoms with Gasteiger partial charge < -0.3 is 20.6 Å². The summed E-state index contributed by atoms with van der Waals surface area (Å²) < 4.78 is 13.4. The Bertz CT molecular complexity index is 1020. The molecule has 1 aromatic carbocycles. The van der Waals surface area contributed by atoms with Crippen LogP contribution in [0.4, 0.5) is 0 Å². The molecule has 154 valence electrons. The van der Waals surface area contributed by atoms with Crippen molar-refractivity contribution in [1.82, 2.24) is 30.0 Å². The van der Waals surface area contributed by atoms with Crippen LogP contribution < -0.4 is 20.6 Å². The van der Waals surface area contributed by atoms with Gasteiger partial charge in [-0.2, -0.15) is 5.10 Å². The van der Waals surface area contributed by atoms with Gasteiger partial charge in [-0.1, -0.05) is 17.8 Å². The lowest BCUT2D eigenvalue weighted by Crippen LogP contribution is -2.25. The predicted molar refractivity (Wildman–Crippen MR) is 109 cm³/mol. The first-order chi connectivity index (χ1) is 13.9. The fraction of sp³-hybridized carbons (Fsp3) is 0.333. The molecule has 0 spiro atoms. The number of hydrogen-bond donors (Lipinski definition) is 2. The summed E-state index contributed by atoms with van der Waals surface area (Å²) in [5.41, 5.74) is 2.65. The second-order valence-electron chi connectivity index (χ2n) is 6.25. The Balaban J connectivity index is 1.57. The monoisotopic (exact) mass is 417 g/mol. The van der Waals surface area contributed by atoms with Crippen molar-refractivity contribution >= 4 is 17.7 Å². The Morgan fingerprint density at radius 3 is 2.59 bits per heavy atom. The largest absolute Gasteiger partial charge is 0.493 e. The van der Waals surface area contributed by atoms with Gasteiger partial charge in [0.2, 0.25) is 11.1 Å². The second kappa shape index (κ2) is 8.86. The van der Waals surface area contributed by atoms with E-state index in [1.54, 1.807) is 25.0 Å². The van der Waals surface area contributed by atoms with E-state index in [2.05, 4.69) is 20.6 Å². The highest BCUT2D eigenvalue weighted by Crippen LogP contribution is 2.27. The average Bonchev–Trinajstić information content (AvgIpc) is 3.24. The Labute approximate surface area is 172 Å². The van der Waals surface area contributed by atoms with Crippen molar-refractivity contribution in [2.24, 2.45) is 0 Å². The Kier molecular flexibility index (Phi) is 6.27. The molecule has 2 heterocycles. The van der Waals surface area contributed by atoms with Gasteiger partial charge in [0.15, 0.2) is 11.5 Å². The SMILES string of the molecule is COc1ccc(CNC(=O)CSc2nnc(-n3nc(C)cc3C)n2N)cc1OC. The van der Waals surface area contributed by atoms with Crippen molar-refractivity contribution in [2.45, 2.75) is 25.5 Å². The van der Waals surface area contributed by atoms with Gasteiger partial charge in [-0.3, -0.25) is 4.79 Å². The minimum atomic E-state index is -0.152. The van der Waals surface area contributed by atoms with Crippen LogP contribution in [0.1, 0.15) is 17.0 Å². The molecule has 0 aliphatic rings. The van der Waals surface area contributed by atoms with E-state index in [1.807, 2.05) is 32.0 Å². The number of thioether (sulfide) groups is 1. The van der Waals surface area contributed by atoms with Crippen molar-refractivity contribution in [3.8, 4) is 17.4 Å². The smallest absolute Gasteiger partial charge is 0.271 e. The topological polar surface area (TPSA) is 122 Å². The minimum absolute atomic E-state index is 0.152. The number of rotatable bonds is 8. The van der Waals surface area contributed by atoms with E-state index in [9.17, 15) is 4.79 Å². The molecule has 3 rings (SSSR count). The molecular formula is C18H23N7O3S. The number of nitrogens with zero attached hydrogens (tertiary/aromatic N) is 5. The average molecular weight is 417 g/mol. The van der Waals surface area contributed by atoms with E-state index < -0.39 is 0 Å². The lowest BCUT2D eigenvalue weighted by atomic mass is 10.2. The zero-order chi connectivity index (χ0) is 21.0. The zero-order valence-electron chi connectivity index (χ0n) is 16.7.